The lowest BCUT2D eigenvalue weighted by Gasteiger charge is -2.11. The Morgan fingerprint density at radius 3 is 2.70 bits per heavy atom. The highest BCUT2D eigenvalue weighted by Gasteiger charge is 2.14. The van der Waals surface area contributed by atoms with Gasteiger partial charge in [0.2, 0.25) is 5.88 Å². The van der Waals surface area contributed by atoms with E-state index >= 15 is 0 Å². The Hall–Kier alpha value is -3.25. The molecule has 0 saturated heterocycles. The summed E-state index contributed by atoms with van der Waals surface area (Å²) in [6, 6.07) is 14.4. The summed E-state index contributed by atoms with van der Waals surface area (Å²) in [6.45, 7) is 1.94. The molecule has 1 atom stereocenters. The molecule has 0 radical (unpaired) electrons. The van der Waals surface area contributed by atoms with Crippen molar-refractivity contribution in [2.24, 2.45) is 5.73 Å². The van der Waals surface area contributed by atoms with Crippen LogP contribution in [0.5, 0.6) is 5.88 Å². The lowest BCUT2D eigenvalue weighted by molar-refractivity contribution is 0.399. The van der Waals surface area contributed by atoms with E-state index in [-0.39, 0.29) is 11.9 Å². The number of benzene rings is 2. The number of ether oxygens (including phenoxy) is 1. The van der Waals surface area contributed by atoms with E-state index in [0.29, 0.717) is 17.0 Å². The molecule has 0 fully saturated rings. The van der Waals surface area contributed by atoms with Gasteiger partial charge in [-0.2, -0.15) is 0 Å². The molecule has 4 rings (SSSR count). The average molecular weight is 362 g/mol. The molecule has 0 amide bonds. The van der Waals surface area contributed by atoms with Crippen LogP contribution in [-0.2, 0) is 0 Å². The highest BCUT2D eigenvalue weighted by molar-refractivity contribution is 5.79. The van der Waals surface area contributed by atoms with E-state index in [2.05, 4.69) is 9.97 Å². The van der Waals surface area contributed by atoms with Crippen LogP contribution in [0.2, 0.25) is 0 Å². The summed E-state index contributed by atoms with van der Waals surface area (Å²) in [5, 5.41) is 0. The van der Waals surface area contributed by atoms with Gasteiger partial charge in [0.1, 0.15) is 12.1 Å². The first-order valence-electron chi connectivity index (χ1n) is 8.60. The molecule has 2 aromatic heterocycles. The number of hydrogen-bond acceptors (Lipinski definition) is 4. The molecule has 136 valence electrons. The van der Waals surface area contributed by atoms with Crippen LogP contribution in [0.1, 0.15) is 18.5 Å². The number of nitrogens with two attached hydrogens (primary N) is 1. The highest BCUT2D eigenvalue weighted by Crippen LogP contribution is 2.32. The van der Waals surface area contributed by atoms with Gasteiger partial charge in [-0.05, 0) is 55.0 Å². The summed E-state index contributed by atoms with van der Waals surface area (Å²) in [5.74, 6) is 0.0410. The summed E-state index contributed by atoms with van der Waals surface area (Å²) in [4.78, 5) is 8.64. The van der Waals surface area contributed by atoms with Gasteiger partial charge in [-0.3, -0.25) is 4.57 Å². The van der Waals surface area contributed by atoms with Gasteiger partial charge in [-0.25, -0.2) is 14.4 Å². The molecule has 0 aliphatic heterocycles. The first kappa shape index (κ1) is 17.2. The Morgan fingerprint density at radius 1 is 1.07 bits per heavy atom. The molecule has 0 saturated carbocycles. The van der Waals surface area contributed by atoms with Crippen LogP contribution < -0.4 is 10.5 Å². The van der Waals surface area contributed by atoms with Crippen LogP contribution in [0, 0.1) is 5.82 Å². The van der Waals surface area contributed by atoms with Crippen molar-refractivity contribution in [1.29, 1.82) is 0 Å². The topological polar surface area (TPSA) is 66.0 Å². The van der Waals surface area contributed by atoms with Gasteiger partial charge >= 0.3 is 0 Å². The molecule has 2 aromatic carbocycles. The van der Waals surface area contributed by atoms with E-state index in [9.17, 15) is 4.39 Å². The van der Waals surface area contributed by atoms with E-state index in [4.69, 9.17) is 10.5 Å². The number of pyridine rings is 1. The summed E-state index contributed by atoms with van der Waals surface area (Å²) in [7, 11) is 1.52. The molecule has 0 bridgehead atoms. The van der Waals surface area contributed by atoms with Gasteiger partial charge in [0.25, 0.3) is 0 Å². The maximum absolute atomic E-state index is 14.5. The Kier molecular flexibility index (Phi) is 4.33. The van der Waals surface area contributed by atoms with Crippen molar-refractivity contribution < 1.29 is 9.13 Å². The number of methoxy groups -OCH3 is 1. The van der Waals surface area contributed by atoms with Crippen molar-refractivity contribution in [1.82, 2.24) is 14.5 Å². The van der Waals surface area contributed by atoms with Gasteiger partial charge in [-0.1, -0.05) is 6.07 Å². The third kappa shape index (κ3) is 3.04. The molecule has 2 heterocycles. The molecule has 0 aliphatic rings. The second-order valence-corrected chi connectivity index (χ2v) is 6.38. The first-order chi connectivity index (χ1) is 13.1. The largest absolute Gasteiger partial charge is 0.481 e. The smallest absolute Gasteiger partial charge is 0.221 e. The first-order valence-corrected chi connectivity index (χ1v) is 8.60. The van der Waals surface area contributed by atoms with E-state index in [1.165, 1.54) is 13.2 Å². The molecule has 6 heteroatoms. The van der Waals surface area contributed by atoms with Gasteiger partial charge in [0.05, 0.1) is 18.1 Å². The van der Waals surface area contributed by atoms with Crippen LogP contribution >= 0.6 is 0 Å². The average Bonchev–Trinajstić information content (AvgIpc) is 3.11. The zero-order valence-corrected chi connectivity index (χ0v) is 15.1. The normalized spacial score (nSPS) is 12.3. The molecule has 0 aliphatic carbocycles. The standard InChI is InChI=1S/C21H19FN4O/c1-13(23)14-5-8-20-19(10-14)25-12-26(20)15-6-7-18(22)17(11-15)16-4-3-9-24-21(16)27-2/h3-13H,23H2,1-2H3/t13-/m0/s1. The highest BCUT2D eigenvalue weighted by atomic mass is 19.1. The monoisotopic (exact) mass is 362 g/mol. The maximum atomic E-state index is 14.5. The fourth-order valence-electron chi connectivity index (χ4n) is 3.15. The molecule has 0 spiro atoms. The summed E-state index contributed by atoms with van der Waals surface area (Å²) < 4.78 is 21.8. The Bertz CT molecular complexity index is 1120. The lowest BCUT2D eigenvalue weighted by atomic mass is 10.1. The van der Waals surface area contributed by atoms with Crippen molar-refractivity contribution in [3.8, 4) is 22.7 Å². The van der Waals surface area contributed by atoms with Crippen LogP contribution in [-0.4, -0.2) is 21.6 Å². The third-order valence-electron chi connectivity index (χ3n) is 4.58. The van der Waals surface area contributed by atoms with E-state index < -0.39 is 0 Å². The predicted molar refractivity (Wildman–Crippen MR) is 103 cm³/mol. The van der Waals surface area contributed by atoms with Crippen molar-refractivity contribution in [2.45, 2.75) is 13.0 Å². The number of fused-ring (bicyclic) bond motifs is 1. The zero-order chi connectivity index (χ0) is 19.0. The van der Waals surface area contributed by atoms with Crippen LogP contribution in [0.4, 0.5) is 4.39 Å². The van der Waals surface area contributed by atoms with E-state index in [1.54, 1.807) is 36.8 Å². The fraction of sp³-hybridized carbons (Fsp3) is 0.143. The molecule has 0 unspecified atom stereocenters. The quantitative estimate of drug-likeness (QED) is 0.589. The number of imidazole rings is 1. The molecule has 4 aromatic rings. The minimum Gasteiger partial charge on any atom is -0.481 e. The number of halogens is 1. The minimum absolute atomic E-state index is 0.0602. The Balaban J connectivity index is 1.85. The summed E-state index contributed by atoms with van der Waals surface area (Å²) in [6.07, 6.45) is 3.34. The van der Waals surface area contributed by atoms with E-state index in [0.717, 1.165) is 22.3 Å². The minimum atomic E-state index is -0.339. The van der Waals surface area contributed by atoms with Crippen LogP contribution in [0.15, 0.2) is 61.1 Å². The van der Waals surface area contributed by atoms with Crippen LogP contribution in [0.25, 0.3) is 27.8 Å². The number of nitrogens with zero attached hydrogens (tertiary/aromatic N) is 3. The lowest BCUT2D eigenvalue weighted by Crippen LogP contribution is -2.04. The molecule has 27 heavy (non-hydrogen) atoms. The Labute approximate surface area is 156 Å². The van der Waals surface area contributed by atoms with Gasteiger partial charge in [-0.15, -0.1) is 0 Å². The van der Waals surface area contributed by atoms with Crippen molar-refractivity contribution >= 4 is 11.0 Å². The predicted octanol–water partition coefficient (Wildman–Crippen LogP) is 4.25. The number of aromatic nitrogens is 3. The van der Waals surface area contributed by atoms with Crippen molar-refractivity contribution in [2.75, 3.05) is 7.11 Å². The van der Waals surface area contributed by atoms with Crippen LogP contribution in [0.3, 0.4) is 0 Å². The maximum Gasteiger partial charge on any atom is 0.221 e. The SMILES string of the molecule is COc1ncccc1-c1cc(-n2cnc3cc([C@H](C)N)ccc32)ccc1F. The zero-order valence-electron chi connectivity index (χ0n) is 15.1. The van der Waals surface area contributed by atoms with Gasteiger partial charge in [0, 0.05) is 29.1 Å². The fourth-order valence-corrected chi connectivity index (χ4v) is 3.15. The molecule has 5 nitrogen and oxygen atoms in total. The number of hydrogen-bond donors (Lipinski definition) is 1. The van der Waals surface area contributed by atoms with Crippen molar-refractivity contribution in [3.05, 3.63) is 72.4 Å². The van der Waals surface area contributed by atoms with Crippen molar-refractivity contribution in [3.63, 3.8) is 0 Å². The summed E-state index contributed by atoms with van der Waals surface area (Å²) in [5.41, 5.74) is 10.6. The van der Waals surface area contributed by atoms with Gasteiger partial charge in [0.15, 0.2) is 0 Å². The van der Waals surface area contributed by atoms with Gasteiger partial charge < -0.3 is 10.5 Å². The molecular formula is C21H19FN4O. The Morgan fingerprint density at radius 2 is 1.93 bits per heavy atom. The number of rotatable bonds is 4. The third-order valence-corrected chi connectivity index (χ3v) is 4.58. The second-order valence-electron chi connectivity index (χ2n) is 6.38. The second kappa shape index (κ2) is 6.81. The van der Waals surface area contributed by atoms with E-state index in [1.807, 2.05) is 29.7 Å². The molecule has 2 N–H and O–H groups in total. The summed E-state index contributed by atoms with van der Waals surface area (Å²) >= 11 is 0. The molecular weight excluding hydrogens is 343 g/mol.